The monoisotopic (exact) mass is 507 g/mol. The van der Waals surface area contributed by atoms with Gasteiger partial charge < -0.3 is 25.4 Å². The van der Waals surface area contributed by atoms with E-state index in [4.69, 9.17) is 11.2 Å². The predicted molar refractivity (Wildman–Crippen MR) is 138 cm³/mol. The fraction of sp³-hybridized carbons (Fsp3) is 0.448. The Bertz CT molecular complexity index is 1170. The van der Waals surface area contributed by atoms with Crippen molar-refractivity contribution >= 4 is 11.8 Å². The van der Waals surface area contributed by atoms with Gasteiger partial charge in [0, 0.05) is 37.2 Å². The molecule has 3 N–H and O–H groups in total. The number of benzene rings is 2. The Balaban J connectivity index is 1.51. The molecule has 2 bridgehead atoms. The number of hydrogen-bond donors (Lipinski definition) is 3. The van der Waals surface area contributed by atoms with Crippen LogP contribution in [0.4, 0.5) is 4.39 Å². The van der Waals surface area contributed by atoms with Gasteiger partial charge in [-0.1, -0.05) is 18.1 Å². The first-order valence-corrected chi connectivity index (χ1v) is 12.7. The van der Waals surface area contributed by atoms with Crippen molar-refractivity contribution in [2.24, 2.45) is 0 Å². The number of fused-ring (bicyclic) bond motifs is 2. The summed E-state index contributed by atoms with van der Waals surface area (Å²) in [6.45, 7) is 0.442. The first-order chi connectivity index (χ1) is 17.8. The number of amides is 2. The van der Waals surface area contributed by atoms with Crippen LogP contribution in [0.25, 0.3) is 0 Å². The summed E-state index contributed by atoms with van der Waals surface area (Å²) < 4.78 is 20.1. The highest BCUT2D eigenvalue weighted by Crippen LogP contribution is 2.45. The zero-order valence-corrected chi connectivity index (χ0v) is 21.1. The number of halogens is 1. The summed E-state index contributed by atoms with van der Waals surface area (Å²) >= 11 is 0. The first kappa shape index (κ1) is 26.6. The molecule has 1 saturated carbocycles. The second-order valence-corrected chi connectivity index (χ2v) is 9.98. The molecule has 0 radical (unpaired) electrons. The molecule has 0 saturated heterocycles. The fourth-order valence-electron chi connectivity index (χ4n) is 4.72. The molecule has 0 aromatic heterocycles. The van der Waals surface area contributed by atoms with Gasteiger partial charge in [0.25, 0.3) is 0 Å². The largest absolute Gasteiger partial charge is 0.493 e. The Labute approximate surface area is 217 Å². The molecule has 1 fully saturated rings. The van der Waals surface area contributed by atoms with Crippen molar-refractivity contribution < 1.29 is 23.8 Å². The van der Waals surface area contributed by atoms with Crippen LogP contribution in [0.5, 0.6) is 5.75 Å². The Morgan fingerprint density at radius 1 is 1.27 bits per heavy atom. The number of nitrogens with zero attached hydrogens (tertiary/aromatic N) is 1. The number of aliphatic hydroxyl groups is 1. The second kappa shape index (κ2) is 11.8. The minimum absolute atomic E-state index is 0.122. The summed E-state index contributed by atoms with van der Waals surface area (Å²) in [6.07, 6.45) is 8.12. The lowest BCUT2D eigenvalue weighted by Gasteiger charge is -2.28. The summed E-state index contributed by atoms with van der Waals surface area (Å²) in [5.74, 6) is 2.07. The van der Waals surface area contributed by atoms with Gasteiger partial charge in [-0.3, -0.25) is 9.59 Å². The third kappa shape index (κ3) is 7.09. The minimum atomic E-state index is -0.971. The highest BCUT2D eigenvalue weighted by Gasteiger charge is 2.44. The van der Waals surface area contributed by atoms with E-state index in [9.17, 15) is 19.1 Å². The molecular weight excluding hydrogens is 473 g/mol. The molecule has 1 aliphatic heterocycles. The van der Waals surface area contributed by atoms with Gasteiger partial charge in [-0.2, -0.15) is 0 Å². The zero-order chi connectivity index (χ0) is 26.4. The Kier molecular flexibility index (Phi) is 8.47. The number of carbonyl (C=O) groups is 2. The van der Waals surface area contributed by atoms with Crippen molar-refractivity contribution in [3.05, 3.63) is 65.0 Å². The molecule has 8 heteroatoms. The Morgan fingerprint density at radius 2 is 2.08 bits per heavy atom. The molecule has 2 aromatic carbocycles. The van der Waals surface area contributed by atoms with Crippen LogP contribution in [0, 0.1) is 18.2 Å². The maximum absolute atomic E-state index is 14.4. The van der Waals surface area contributed by atoms with E-state index in [0.717, 1.165) is 24.0 Å². The molecule has 2 aromatic rings. The van der Waals surface area contributed by atoms with Crippen LogP contribution >= 0.6 is 0 Å². The lowest BCUT2D eigenvalue weighted by atomic mass is 9.98. The van der Waals surface area contributed by atoms with Crippen LogP contribution < -0.4 is 15.4 Å². The summed E-state index contributed by atoms with van der Waals surface area (Å²) in [5, 5.41) is 17.5. The summed E-state index contributed by atoms with van der Waals surface area (Å²) in [7, 11) is 1.59. The van der Waals surface area contributed by atoms with E-state index in [2.05, 4.69) is 16.6 Å². The van der Waals surface area contributed by atoms with Crippen molar-refractivity contribution in [1.82, 2.24) is 15.5 Å². The van der Waals surface area contributed by atoms with Crippen molar-refractivity contribution in [3.8, 4) is 18.1 Å². The molecule has 1 heterocycles. The number of nitrogens with one attached hydrogen (secondary N) is 2. The van der Waals surface area contributed by atoms with Gasteiger partial charge >= 0.3 is 0 Å². The van der Waals surface area contributed by atoms with Gasteiger partial charge in [0.2, 0.25) is 11.8 Å². The van der Waals surface area contributed by atoms with Gasteiger partial charge in [-0.15, -0.1) is 6.42 Å². The highest BCUT2D eigenvalue weighted by atomic mass is 19.1. The van der Waals surface area contributed by atoms with Crippen molar-refractivity contribution in [2.45, 2.75) is 56.2 Å². The van der Waals surface area contributed by atoms with Gasteiger partial charge in [-0.05, 0) is 67.5 Å². The molecule has 0 unspecified atom stereocenters. The van der Waals surface area contributed by atoms with E-state index in [0.29, 0.717) is 37.2 Å². The number of rotatable bonds is 5. The average molecular weight is 508 g/mol. The fourth-order valence-corrected chi connectivity index (χ4v) is 4.72. The first-order valence-electron chi connectivity index (χ1n) is 12.7. The van der Waals surface area contributed by atoms with Crippen LogP contribution in [0.1, 0.15) is 48.8 Å². The molecular formula is C29H34FN3O4. The molecule has 4 rings (SSSR count). The van der Waals surface area contributed by atoms with E-state index >= 15 is 0 Å². The number of carbonyl (C=O) groups excluding carboxylic acids is 2. The lowest BCUT2D eigenvalue weighted by Crippen LogP contribution is -2.52. The zero-order valence-electron chi connectivity index (χ0n) is 21.1. The Hall–Kier alpha value is -3.41. The summed E-state index contributed by atoms with van der Waals surface area (Å²) in [6, 6.07) is 11.5. The third-order valence-electron chi connectivity index (χ3n) is 7.04. The molecule has 196 valence electrons. The molecule has 7 nitrogen and oxygen atoms in total. The summed E-state index contributed by atoms with van der Waals surface area (Å²) in [5.41, 5.74) is 2.18. The van der Waals surface area contributed by atoms with Crippen LogP contribution in [-0.2, 0) is 21.5 Å². The van der Waals surface area contributed by atoms with Crippen LogP contribution in [0.3, 0.4) is 0 Å². The smallest absolute Gasteiger partial charge is 0.239 e. The normalized spacial score (nSPS) is 21.0. The number of ether oxygens (including phenoxy) is 1. The summed E-state index contributed by atoms with van der Waals surface area (Å²) in [4.78, 5) is 26.6. The van der Waals surface area contributed by atoms with Gasteiger partial charge in [0.15, 0.2) is 0 Å². The number of likely N-dealkylation sites (N-methyl/N-ethyl adjacent to an activating group) is 1. The van der Waals surface area contributed by atoms with Crippen LogP contribution in [-0.4, -0.2) is 60.7 Å². The molecule has 2 atom stereocenters. The number of hydrogen-bond acceptors (Lipinski definition) is 5. The standard InChI is InChI=1S/C29H34FN3O4/c1-3-20-7-6-8-22(13-20)29(10-11-29)31-18-26(34)25-16-21-14-23(30)17-24(15-21)37-12-5-4-9-28(36)33(2)19-27(35)32-25/h1,6-8,13-15,17,25-26,31,34H,4-5,9-12,16,18-19H2,2H3,(H,32,35)/t25-,26+/m0/s1. The van der Waals surface area contributed by atoms with Crippen molar-refractivity contribution in [3.63, 3.8) is 0 Å². The molecule has 2 aliphatic rings. The van der Waals surface area contributed by atoms with E-state index < -0.39 is 18.0 Å². The number of aliphatic hydroxyl groups excluding tert-OH is 1. The number of terminal acetylenes is 1. The van der Waals surface area contributed by atoms with Crippen molar-refractivity contribution in [2.75, 3.05) is 26.7 Å². The molecule has 1 aliphatic carbocycles. The van der Waals surface area contributed by atoms with Gasteiger partial charge in [0.1, 0.15) is 11.6 Å². The van der Waals surface area contributed by atoms with E-state index in [1.54, 1.807) is 13.1 Å². The Morgan fingerprint density at radius 3 is 2.84 bits per heavy atom. The topological polar surface area (TPSA) is 90.9 Å². The SMILES string of the molecule is C#Cc1cccc(C2(NC[C@@H](O)[C@@H]3Cc4cc(F)cc(c4)OCCCCC(=O)N(C)CC(=O)N3)CC2)c1. The highest BCUT2D eigenvalue weighted by molar-refractivity contribution is 5.84. The van der Waals surface area contributed by atoms with E-state index in [1.165, 1.54) is 17.0 Å². The van der Waals surface area contributed by atoms with Gasteiger partial charge in [-0.25, -0.2) is 4.39 Å². The molecule has 2 amide bonds. The second-order valence-electron chi connectivity index (χ2n) is 9.98. The van der Waals surface area contributed by atoms with Gasteiger partial charge in [0.05, 0.1) is 25.3 Å². The van der Waals surface area contributed by atoms with E-state index in [-0.39, 0.29) is 36.9 Å². The quantitative estimate of drug-likeness (QED) is 0.541. The van der Waals surface area contributed by atoms with Crippen LogP contribution in [0.2, 0.25) is 0 Å². The third-order valence-corrected chi connectivity index (χ3v) is 7.04. The average Bonchev–Trinajstić information content (AvgIpc) is 3.67. The lowest BCUT2D eigenvalue weighted by molar-refractivity contribution is -0.135. The maximum Gasteiger partial charge on any atom is 0.239 e. The minimum Gasteiger partial charge on any atom is -0.493 e. The van der Waals surface area contributed by atoms with Crippen molar-refractivity contribution in [1.29, 1.82) is 0 Å². The molecule has 0 spiro atoms. The molecule has 37 heavy (non-hydrogen) atoms. The maximum atomic E-state index is 14.4. The van der Waals surface area contributed by atoms with Crippen LogP contribution in [0.15, 0.2) is 42.5 Å². The predicted octanol–water partition coefficient (Wildman–Crippen LogP) is 2.50. The van der Waals surface area contributed by atoms with E-state index in [1.807, 2.05) is 24.3 Å².